The lowest BCUT2D eigenvalue weighted by Crippen LogP contribution is -1.96. The van der Waals surface area contributed by atoms with Gasteiger partial charge in [0.25, 0.3) is 0 Å². The third-order valence-corrected chi connectivity index (χ3v) is 3.19. The lowest BCUT2D eigenvalue weighted by atomic mass is 10.1. The minimum atomic E-state index is -2.90. The second-order valence-electron chi connectivity index (χ2n) is 4.27. The van der Waals surface area contributed by atoms with E-state index in [0.717, 1.165) is 0 Å². The van der Waals surface area contributed by atoms with E-state index in [9.17, 15) is 8.42 Å². The molecule has 0 heterocycles. The Bertz CT molecular complexity index is 897. The van der Waals surface area contributed by atoms with Gasteiger partial charge in [0, 0.05) is 5.69 Å². The summed E-state index contributed by atoms with van der Waals surface area (Å²) in [7, 11) is -2.90. The van der Waals surface area contributed by atoms with Crippen LogP contribution in [0.5, 0.6) is 0 Å². The topological polar surface area (TPSA) is 144 Å². The quantitative estimate of drug-likeness (QED) is 0.448. The van der Waals surface area contributed by atoms with Crippen molar-refractivity contribution in [3.8, 4) is 12.1 Å². The molecule has 0 saturated heterocycles. The van der Waals surface area contributed by atoms with E-state index in [0.29, 0.717) is 5.69 Å². The van der Waals surface area contributed by atoms with Crippen molar-refractivity contribution in [1.82, 2.24) is 0 Å². The van der Waals surface area contributed by atoms with Gasteiger partial charge < -0.3 is 5.73 Å². The number of thiol groups is 1. The molecule has 0 atom stereocenters. The molecule has 114 valence electrons. The zero-order valence-electron chi connectivity index (χ0n) is 11.6. The van der Waals surface area contributed by atoms with Crippen LogP contribution in [0, 0.1) is 22.7 Å². The van der Waals surface area contributed by atoms with Crippen molar-refractivity contribution < 1.29 is 8.42 Å². The third kappa shape index (κ3) is 3.81. The number of azo groups is 1. The number of nitrogens with one attached hydrogen (secondary N) is 1. The zero-order valence-corrected chi connectivity index (χ0v) is 12.5. The van der Waals surface area contributed by atoms with Crippen molar-refractivity contribution >= 4 is 33.6 Å². The van der Waals surface area contributed by atoms with E-state index >= 15 is 0 Å². The number of rotatable bonds is 4. The second kappa shape index (κ2) is 7.02. The predicted molar refractivity (Wildman–Crippen MR) is 84.8 cm³/mol. The molecule has 0 radical (unpaired) electrons. The molecule has 0 amide bonds. The van der Waals surface area contributed by atoms with Crippen LogP contribution in [0.1, 0.15) is 11.1 Å². The van der Waals surface area contributed by atoms with Crippen LogP contribution in [0.3, 0.4) is 0 Å². The standard InChI is InChI=1S/C14H10N6O2S/c15-7-9-2-1-3-10(8-16)14(9)19-18-12-5-4-11(17)6-13(12)20-23(21)22/h1-6,23H,17H2,(H,20,21,22)/b19-18+. The molecule has 2 aromatic carbocycles. The van der Waals surface area contributed by atoms with Gasteiger partial charge in [0.15, 0.2) is 0 Å². The molecular weight excluding hydrogens is 316 g/mol. The number of benzene rings is 2. The molecule has 0 aliphatic carbocycles. The summed E-state index contributed by atoms with van der Waals surface area (Å²) in [6.07, 6.45) is 0. The Labute approximate surface area is 133 Å². The van der Waals surface area contributed by atoms with E-state index < -0.39 is 10.9 Å². The van der Waals surface area contributed by atoms with Crippen LogP contribution in [0.25, 0.3) is 0 Å². The van der Waals surface area contributed by atoms with Crippen LogP contribution in [0.2, 0.25) is 0 Å². The summed E-state index contributed by atoms with van der Waals surface area (Å²) in [6.45, 7) is 0. The SMILES string of the molecule is N#Cc1cccc(C#N)c1/N=N/c1ccc(N)cc1N[SH](=O)=O. The molecule has 8 nitrogen and oxygen atoms in total. The first kappa shape index (κ1) is 15.9. The second-order valence-corrected chi connectivity index (χ2v) is 5.01. The van der Waals surface area contributed by atoms with E-state index in [1.165, 1.54) is 30.3 Å². The number of nitrogens with zero attached hydrogens (tertiary/aromatic N) is 4. The third-order valence-electron chi connectivity index (χ3n) is 2.77. The van der Waals surface area contributed by atoms with Gasteiger partial charge in [-0.15, -0.1) is 10.2 Å². The van der Waals surface area contributed by atoms with Gasteiger partial charge in [0.1, 0.15) is 23.5 Å². The average molecular weight is 326 g/mol. The molecule has 0 aromatic heterocycles. The molecule has 0 aliphatic heterocycles. The van der Waals surface area contributed by atoms with Crippen molar-refractivity contribution in [2.24, 2.45) is 10.2 Å². The van der Waals surface area contributed by atoms with Crippen LogP contribution in [0.15, 0.2) is 46.6 Å². The van der Waals surface area contributed by atoms with E-state index in [-0.39, 0.29) is 28.2 Å². The van der Waals surface area contributed by atoms with Crippen molar-refractivity contribution in [1.29, 1.82) is 10.5 Å². The fourth-order valence-corrected chi connectivity index (χ4v) is 2.14. The Morgan fingerprint density at radius 1 is 1.04 bits per heavy atom. The highest BCUT2D eigenvalue weighted by molar-refractivity contribution is 7.73. The first-order chi connectivity index (χ1) is 11.0. The Kier molecular flexibility index (Phi) is 4.87. The lowest BCUT2D eigenvalue weighted by molar-refractivity contribution is 0.619. The normalized spacial score (nSPS) is 10.4. The maximum absolute atomic E-state index is 10.8. The maximum atomic E-state index is 10.8. The van der Waals surface area contributed by atoms with Gasteiger partial charge in [-0.05, 0) is 30.3 Å². The summed E-state index contributed by atoms with van der Waals surface area (Å²) in [4.78, 5) is 0. The predicted octanol–water partition coefficient (Wildman–Crippen LogP) is 2.37. The van der Waals surface area contributed by atoms with Crippen LogP contribution in [-0.4, -0.2) is 8.42 Å². The highest BCUT2D eigenvalue weighted by Crippen LogP contribution is 2.31. The Balaban J connectivity index is 2.50. The molecule has 0 bridgehead atoms. The highest BCUT2D eigenvalue weighted by atomic mass is 32.2. The molecule has 3 N–H and O–H groups in total. The van der Waals surface area contributed by atoms with Gasteiger partial charge in [0.2, 0.25) is 10.9 Å². The number of anilines is 2. The summed E-state index contributed by atoms with van der Waals surface area (Å²) >= 11 is 0. The van der Waals surface area contributed by atoms with Gasteiger partial charge in [-0.1, -0.05) is 6.07 Å². The van der Waals surface area contributed by atoms with Crippen molar-refractivity contribution in [3.63, 3.8) is 0 Å². The summed E-state index contributed by atoms with van der Waals surface area (Å²) in [5.41, 5.74) is 6.80. The molecular formula is C14H10N6O2S. The minimum Gasteiger partial charge on any atom is -0.399 e. The Morgan fingerprint density at radius 2 is 1.70 bits per heavy atom. The molecule has 0 spiro atoms. The fraction of sp³-hybridized carbons (Fsp3) is 0. The molecule has 0 saturated carbocycles. The first-order valence-corrected chi connectivity index (χ1v) is 7.38. The van der Waals surface area contributed by atoms with Crippen LogP contribution < -0.4 is 10.5 Å². The average Bonchev–Trinajstić information content (AvgIpc) is 2.53. The van der Waals surface area contributed by atoms with Gasteiger partial charge in [-0.3, -0.25) is 4.72 Å². The van der Waals surface area contributed by atoms with Crippen molar-refractivity contribution in [2.75, 3.05) is 10.5 Å². The van der Waals surface area contributed by atoms with Crippen LogP contribution in [-0.2, 0) is 10.9 Å². The molecule has 0 aliphatic rings. The fourth-order valence-electron chi connectivity index (χ4n) is 1.76. The Hall–Kier alpha value is -3.43. The van der Waals surface area contributed by atoms with E-state index in [2.05, 4.69) is 15.0 Å². The van der Waals surface area contributed by atoms with Gasteiger partial charge in [0.05, 0.1) is 16.8 Å². The zero-order chi connectivity index (χ0) is 16.8. The van der Waals surface area contributed by atoms with E-state index in [1.54, 1.807) is 6.07 Å². The first-order valence-electron chi connectivity index (χ1n) is 6.20. The van der Waals surface area contributed by atoms with E-state index in [4.69, 9.17) is 16.3 Å². The molecule has 2 rings (SSSR count). The van der Waals surface area contributed by atoms with Gasteiger partial charge >= 0.3 is 0 Å². The lowest BCUT2D eigenvalue weighted by Gasteiger charge is -2.05. The molecule has 23 heavy (non-hydrogen) atoms. The molecule has 0 fully saturated rings. The maximum Gasteiger partial charge on any atom is 0.222 e. The summed E-state index contributed by atoms with van der Waals surface area (Å²) in [5, 5.41) is 26.0. The summed E-state index contributed by atoms with van der Waals surface area (Å²) in [6, 6.07) is 12.8. The number of hydrogen-bond acceptors (Lipinski definition) is 7. The van der Waals surface area contributed by atoms with Crippen molar-refractivity contribution in [2.45, 2.75) is 0 Å². The van der Waals surface area contributed by atoms with E-state index in [1.807, 2.05) is 12.1 Å². The van der Waals surface area contributed by atoms with Gasteiger partial charge in [-0.25, -0.2) is 8.42 Å². The minimum absolute atomic E-state index is 0.117. The summed E-state index contributed by atoms with van der Waals surface area (Å²) < 4.78 is 23.9. The van der Waals surface area contributed by atoms with Crippen LogP contribution in [0.4, 0.5) is 22.7 Å². The number of nitrogens with two attached hydrogens (primary N) is 1. The van der Waals surface area contributed by atoms with Crippen molar-refractivity contribution in [3.05, 3.63) is 47.5 Å². The highest BCUT2D eigenvalue weighted by Gasteiger charge is 2.08. The molecule has 0 unspecified atom stereocenters. The number of nitrogen functional groups attached to an aromatic ring is 1. The number of nitriles is 2. The molecule has 9 heteroatoms. The Morgan fingerprint density at radius 3 is 2.26 bits per heavy atom. The smallest absolute Gasteiger partial charge is 0.222 e. The molecule has 2 aromatic rings. The summed E-state index contributed by atoms with van der Waals surface area (Å²) in [5.74, 6) is 0. The number of hydrogen-bond donors (Lipinski definition) is 3. The van der Waals surface area contributed by atoms with Crippen LogP contribution >= 0.6 is 0 Å². The van der Waals surface area contributed by atoms with Gasteiger partial charge in [-0.2, -0.15) is 10.5 Å². The monoisotopic (exact) mass is 326 g/mol. The largest absolute Gasteiger partial charge is 0.399 e.